The van der Waals surface area contributed by atoms with Crippen LogP contribution in [0.1, 0.15) is 181 Å². The molecule has 0 aliphatic carbocycles. The predicted molar refractivity (Wildman–Crippen MR) is 233 cm³/mol. The van der Waals surface area contributed by atoms with Crippen molar-refractivity contribution in [3.63, 3.8) is 0 Å². The van der Waals surface area contributed by atoms with Crippen molar-refractivity contribution in [2.75, 3.05) is 54.1 Å². The number of allylic oxidation sites excluding steroid dienone is 8. The normalized spacial score (nSPS) is 14.2. The number of phosphoric ester groups is 1. The number of rotatable bonds is 41. The summed E-state index contributed by atoms with van der Waals surface area (Å²) in [5, 5.41) is 0. The van der Waals surface area contributed by atoms with Gasteiger partial charge in [0.25, 0.3) is 0 Å². The van der Waals surface area contributed by atoms with Crippen LogP contribution >= 0.6 is 7.82 Å². The van der Waals surface area contributed by atoms with E-state index in [0.29, 0.717) is 24.1 Å². The largest absolute Gasteiger partial charge is 0.472 e. The molecule has 0 spiro atoms. The van der Waals surface area contributed by atoms with Crippen LogP contribution in [0.3, 0.4) is 0 Å². The highest BCUT2D eigenvalue weighted by molar-refractivity contribution is 7.47. The minimum Gasteiger partial charge on any atom is -0.457 e. The van der Waals surface area contributed by atoms with E-state index in [-0.39, 0.29) is 25.8 Å². The number of ether oxygens (including phenoxy) is 2. The fraction of sp³-hybridized carbons (Fsp3) is 0.804. The van der Waals surface area contributed by atoms with Crippen LogP contribution in [0.15, 0.2) is 48.6 Å². The number of esters is 1. The van der Waals surface area contributed by atoms with Crippen LogP contribution in [0, 0.1) is 0 Å². The molecule has 0 radical (unpaired) electrons. The molecule has 0 aromatic rings. The molecule has 0 aromatic heterocycles. The highest BCUT2D eigenvalue weighted by Crippen LogP contribution is 2.43. The first kappa shape index (κ1) is 53.5. The summed E-state index contributed by atoms with van der Waals surface area (Å²) in [4.78, 5) is 22.9. The fourth-order valence-corrected chi connectivity index (χ4v) is 6.58. The van der Waals surface area contributed by atoms with Crippen molar-refractivity contribution >= 4 is 13.8 Å². The Morgan fingerprint density at radius 2 is 1.02 bits per heavy atom. The Morgan fingerprint density at radius 3 is 1.53 bits per heavy atom. The molecular formula is C46H87NO7P+. The Balaban J connectivity index is 4.24. The third kappa shape index (κ3) is 43.4. The second kappa shape index (κ2) is 39.3. The number of quaternary nitrogens is 1. The summed E-state index contributed by atoms with van der Waals surface area (Å²) in [7, 11) is 1.65. The lowest BCUT2D eigenvalue weighted by Crippen LogP contribution is -2.37. The Labute approximate surface area is 339 Å². The van der Waals surface area contributed by atoms with Crippen molar-refractivity contribution in [2.24, 2.45) is 0 Å². The van der Waals surface area contributed by atoms with Crippen molar-refractivity contribution in [1.82, 2.24) is 0 Å². The SMILES string of the molecule is CCCC/C=C\C/C=C\CCCCCCCC(=O)OC(COCCCCCCCCCC/C=C\C/C=C\CCCCCC)COP(=O)(O)OCC[N+](C)(C)C. The standard InChI is InChI=1S/C46H86NO7P/c1-6-8-10-12-14-16-18-20-22-23-24-25-26-28-30-32-34-36-38-41-51-43-45(44-53-55(49,50)52-42-40-47(3,4)5)54-46(48)39-37-35-33-31-29-27-21-19-17-15-13-11-9-7-2/h13,15-16,18-19,21-23,45H,6-12,14,17,20,24-44H2,1-5H3/p+1/b15-13-,18-16-,21-19-,23-22-. The second-order valence-electron chi connectivity index (χ2n) is 16.1. The molecule has 0 amide bonds. The van der Waals surface area contributed by atoms with Crippen LogP contribution in [0.5, 0.6) is 0 Å². The number of hydrogen-bond donors (Lipinski definition) is 1. The minimum atomic E-state index is -4.28. The third-order valence-electron chi connectivity index (χ3n) is 9.36. The quantitative estimate of drug-likeness (QED) is 0.0217. The van der Waals surface area contributed by atoms with E-state index in [2.05, 4.69) is 62.5 Å². The number of unbranched alkanes of at least 4 members (excludes halogenated alkanes) is 19. The molecule has 0 rings (SSSR count). The van der Waals surface area contributed by atoms with Gasteiger partial charge in [0.2, 0.25) is 0 Å². The average molecular weight is 797 g/mol. The number of phosphoric acid groups is 1. The van der Waals surface area contributed by atoms with E-state index in [1.54, 1.807) is 0 Å². The van der Waals surface area contributed by atoms with Crippen molar-refractivity contribution in [3.8, 4) is 0 Å². The number of carbonyl (C=O) groups is 1. The Hall–Kier alpha value is -1.54. The van der Waals surface area contributed by atoms with Gasteiger partial charge in [-0.15, -0.1) is 0 Å². The van der Waals surface area contributed by atoms with Crippen LogP contribution < -0.4 is 0 Å². The van der Waals surface area contributed by atoms with Gasteiger partial charge >= 0.3 is 13.8 Å². The first-order valence-corrected chi connectivity index (χ1v) is 23.9. The number of nitrogens with zero attached hydrogens (tertiary/aromatic N) is 1. The molecule has 0 saturated heterocycles. The smallest absolute Gasteiger partial charge is 0.457 e. The molecule has 55 heavy (non-hydrogen) atoms. The second-order valence-corrected chi connectivity index (χ2v) is 17.5. The summed E-state index contributed by atoms with van der Waals surface area (Å²) in [6.45, 7) is 5.53. The topological polar surface area (TPSA) is 91.3 Å². The van der Waals surface area contributed by atoms with E-state index < -0.39 is 13.9 Å². The summed E-state index contributed by atoms with van der Waals surface area (Å²) in [6.07, 6.45) is 47.1. The summed E-state index contributed by atoms with van der Waals surface area (Å²) in [5.74, 6) is -0.331. The van der Waals surface area contributed by atoms with Gasteiger partial charge in [0.15, 0.2) is 0 Å². The van der Waals surface area contributed by atoms with Gasteiger partial charge in [-0.1, -0.05) is 152 Å². The predicted octanol–water partition coefficient (Wildman–Crippen LogP) is 13.2. The molecule has 0 bridgehead atoms. The van der Waals surface area contributed by atoms with Crippen molar-refractivity contribution < 1.29 is 37.3 Å². The van der Waals surface area contributed by atoms with Crippen LogP contribution in [-0.2, 0) is 27.9 Å². The van der Waals surface area contributed by atoms with Crippen molar-refractivity contribution in [1.29, 1.82) is 0 Å². The summed E-state index contributed by atoms with van der Waals surface area (Å²) in [5.41, 5.74) is 0. The van der Waals surface area contributed by atoms with Gasteiger partial charge in [-0.05, 0) is 70.6 Å². The van der Waals surface area contributed by atoms with E-state index in [1.165, 1.54) is 96.3 Å². The molecule has 2 atom stereocenters. The third-order valence-corrected chi connectivity index (χ3v) is 10.3. The van der Waals surface area contributed by atoms with E-state index in [9.17, 15) is 14.3 Å². The molecule has 9 heteroatoms. The molecular weight excluding hydrogens is 709 g/mol. The van der Waals surface area contributed by atoms with Crippen LogP contribution in [0.4, 0.5) is 0 Å². The van der Waals surface area contributed by atoms with Gasteiger partial charge in [-0.3, -0.25) is 13.8 Å². The molecule has 0 heterocycles. The number of likely N-dealkylation sites (N-methyl/N-ethyl adjacent to an activating group) is 1. The molecule has 0 aliphatic heterocycles. The van der Waals surface area contributed by atoms with Gasteiger partial charge in [-0.2, -0.15) is 0 Å². The monoisotopic (exact) mass is 797 g/mol. The van der Waals surface area contributed by atoms with Gasteiger partial charge in [0.05, 0.1) is 34.4 Å². The lowest BCUT2D eigenvalue weighted by Gasteiger charge is -2.24. The first-order chi connectivity index (χ1) is 26.6. The molecule has 0 saturated carbocycles. The lowest BCUT2D eigenvalue weighted by atomic mass is 10.1. The zero-order valence-corrected chi connectivity index (χ0v) is 37.3. The van der Waals surface area contributed by atoms with E-state index >= 15 is 0 Å². The maximum absolute atomic E-state index is 12.7. The Bertz CT molecular complexity index is 1020. The van der Waals surface area contributed by atoms with Gasteiger partial charge in [0, 0.05) is 13.0 Å². The minimum absolute atomic E-state index is 0.0831. The zero-order chi connectivity index (χ0) is 40.6. The first-order valence-electron chi connectivity index (χ1n) is 22.4. The molecule has 1 N–H and O–H groups in total. The Morgan fingerprint density at radius 1 is 0.564 bits per heavy atom. The van der Waals surface area contributed by atoms with Crippen LogP contribution in [-0.4, -0.2) is 75.6 Å². The molecule has 8 nitrogen and oxygen atoms in total. The van der Waals surface area contributed by atoms with Gasteiger partial charge < -0.3 is 18.9 Å². The molecule has 0 fully saturated rings. The highest BCUT2D eigenvalue weighted by Gasteiger charge is 2.26. The Kier molecular flexibility index (Phi) is 38.2. The maximum atomic E-state index is 12.7. The fourth-order valence-electron chi connectivity index (χ4n) is 5.83. The van der Waals surface area contributed by atoms with Crippen LogP contribution in [0.2, 0.25) is 0 Å². The van der Waals surface area contributed by atoms with E-state index in [1.807, 2.05) is 21.1 Å². The molecule has 0 aliphatic rings. The van der Waals surface area contributed by atoms with Crippen LogP contribution in [0.25, 0.3) is 0 Å². The van der Waals surface area contributed by atoms with Gasteiger partial charge in [0.1, 0.15) is 19.3 Å². The van der Waals surface area contributed by atoms with Crippen molar-refractivity contribution in [2.45, 2.75) is 187 Å². The average Bonchev–Trinajstić information content (AvgIpc) is 3.13. The van der Waals surface area contributed by atoms with Gasteiger partial charge in [-0.25, -0.2) is 4.57 Å². The maximum Gasteiger partial charge on any atom is 0.472 e. The van der Waals surface area contributed by atoms with Crippen molar-refractivity contribution in [3.05, 3.63) is 48.6 Å². The highest BCUT2D eigenvalue weighted by atomic mass is 31.2. The zero-order valence-electron chi connectivity index (χ0n) is 36.4. The molecule has 322 valence electrons. The molecule has 0 aromatic carbocycles. The summed E-state index contributed by atoms with van der Waals surface area (Å²) < 4.78 is 35.0. The number of carbonyl (C=O) groups excluding carboxylic acids is 1. The number of hydrogen-bond acceptors (Lipinski definition) is 6. The van der Waals surface area contributed by atoms with E-state index in [0.717, 1.165) is 64.2 Å². The summed E-state index contributed by atoms with van der Waals surface area (Å²) >= 11 is 0. The lowest BCUT2D eigenvalue weighted by molar-refractivity contribution is -0.870. The summed E-state index contributed by atoms with van der Waals surface area (Å²) in [6, 6.07) is 0. The molecule has 2 unspecified atom stereocenters. The van der Waals surface area contributed by atoms with E-state index in [4.69, 9.17) is 18.5 Å².